The maximum atomic E-state index is 11.5. The summed E-state index contributed by atoms with van der Waals surface area (Å²) in [6.45, 7) is 8.70. The van der Waals surface area contributed by atoms with E-state index in [4.69, 9.17) is 16.6 Å². The Morgan fingerprint density at radius 1 is 0.833 bits per heavy atom. The van der Waals surface area contributed by atoms with Gasteiger partial charge in [0.1, 0.15) is 11.3 Å². The molecule has 0 fully saturated rings. The fourth-order valence-corrected chi connectivity index (χ4v) is 3.01. The minimum atomic E-state index is -1.25. The number of Topliss-reactive ketones (excluding diaryl/α,β-unsaturated/α-hetero) is 1. The zero-order chi connectivity index (χ0) is 22.6. The lowest BCUT2D eigenvalue weighted by Crippen LogP contribution is -2.49. The summed E-state index contributed by atoms with van der Waals surface area (Å²) in [5, 5.41) is 9.05. The lowest BCUT2D eigenvalue weighted by atomic mass is 9.85. The van der Waals surface area contributed by atoms with E-state index in [1.54, 1.807) is 6.08 Å². The van der Waals surface area contributed by atoms with E-state index in [-0.39, 0.29) is 12.2 Å². The van der Waals surface area contributed by atoms with Crippen LogP contribution in [0.5, 0.6) is 0 Å². The van der Waals surface area contributed by atoms with E-state index in [9.17, 15) is 9.59 Å². The van der Waals surface area contributed by atoms with Crippen LogP contribution in [0.3, 0.4) is 0 Å². The Kier molecular flexibility index (Phi) is 9.89. The SMILES string of the molecule is C=CC[C@](N)(Cc1ccccc1)C(=O)O.C=CC[C@](N)(Cc1ccccc1)C(C)=O. The molecule has 5 heteroatoms. The molecule has 0 amide bonds. The average Bonchev–Trinajstić information content (AvgIpc) is 2.70. The number of nitrogens with two attached hydrogens (primary N) is 2. The van der Waals surface area contributed by atoms with Gasteiger partial charge in [0.25, 0.3) is 0 Å². The summed E-state index contributed by atoms with van der Waals surface area (Å²) in [4.78, 5) is 22.5. The Bertz CT molecular complexity index is 764. The molecular formula is C25H32N2O3. The number of hydrogen-bond acceptors (Lipinski definition) is 4. The minimum Gasteiger partial charge on any atom is -0.480 e. The van der Waals surface area contributed by atoms with Gasteiger partial charge in [0.15, 0.2) is 0 Å². The van der Waals surface area contributed by atoms with Gasteiger partial charge < -0.3 is 16.6 Å². The van der Waals surface area contributed by atoms with Crippen LogP contribution in [0.15, 0.2) is 86.0 Å². The number of rotatable bonds is 10. The predicted molar refractivity (Wildman–Crippen MR) is 122 cm³/mol. The van der Waals surface area contributed by atoms with E-state index < -0.39 is 17.0 Å². The Morgan fingerprint density at radius 3 is 1.53 bits per heavy atom. The monoisotopic (exact) mass is 408 g/mol. The normalized spacial score (nSPS) is 14.2. The van der Waals surface area contributed by atoms with Crippen molar-refractivity contribution in [1.82, 2.24) is 0 Å². The zero-order valence-electron chi connectivity index (χ0n) is 17.6. The fraction of sp³-hybridized carbons (Fsp3) is 0.280. The van der Waals surface area contributed by atoms with Crippen LogP contribution in [0.2, 0.25) is 0 Å². The number of carbonyl (C=O) groups is 2. The molecule has 0 unspecified atom stereocenters. The van der Waals surface area contributed by atoms with Crippen LogP contribution < -0.4 is 11.5 Å². The summed E-state index contributed by atoms with van der Waals surface area (Å²) < 4.78 is 0. The molecule has 2 atom stereocenters. The van der Waals surface area contributed by atoms with E-state index in [2.05, 4.69) is 13.2 Å². The summed E-state index contributed by atoms with van der Waals surface area (Å²) in [5.74, 6) is -0.988. The van der Waals surface area contributed by atoms with Crippen molar-refractivity contribution in [3.8, 4) is 0 Å². The number of hydrogen-bond donors (Lipinski definition) is 3. The molecule has 160 valence electrons. The highest BCUT2D eigenvalue weighted by atomic mass is 16.4. The van der Waals surface area contributed by atoms with E-state index in [1.165, 1.54) is 13.0 Å². The van der Waals surface area contributed by atoms with E-state index in [1.807, 2.05) is 60.7 Å². The van der Waals surface area contributed by atoms with Crippen molar-refractivity contribution in [2.24, 2.45) is 11.5 Å². The standard InChI is InChI=1S/C13H17NO.C12H15NO2/c1-3-9-13(14,11(2)15)10-12-7-5-4-6-8-12;1-2-8-12(13,11(14)15)9-10-6-4-3-5-7-10/h3-8H,1,9-10,14H2,2H3;2-7H,1,8-9,13H2,(H,14,15)/t13-;12-/m00/s1. The van der Waals surface area contributed by atoms with Gasteiger partial charge in [-0.2, -0.15) is 0 Å². The van der Waals surface area contributed by atoms with Crippen LogP contribution >= 0.6 is 0 Å². The summed E-state index contributed by atoms with van der Waals surface area (Å²) in [5.41, 5.74) is 11.8. The molecule has 2 rings (SSSR count). The fourth-order valence-electron chi connectivity index (χ4n) is 3.01. The molecule has 0 aromatic heterocycles. The molecular weight excluding hydrogens is 376 g/mol. The number of carboxylic acid groups (broad SMARTS) is 1. The molecule has 0 bridgehead atoms. The van der Waals surface area contributed by atoms with Gasteiger partial charge in [0.05, 0.1) is 5.54 Å². The van der Waals surface area contributed by atoms with Crippen molar-refractivity contribution in [1.29, 1.82) is 0 Å². The molecule has 0 heterocycles. The molecule has 0 aliphatic carbocycles. The van der Waals surface area contributed by atoms with Crippen molar-refractivity contribution in [3.05, 3.63) is 97.1 Å². The highest BCUT2D eigenvalue weighted by molar-refractivity contribution is 5.86. The molecule has 2 aromatic carbocycles. The van der Waals surface area contributed by atoms with Crippen molar-refractivity contribution >= 4 is 11.8 Å². The topological polar surface area (TPSA) is 106 Å². The molecule has 0 radical (unpaired) electrons. The second-order valence-electron chi connectivity index (χ2n) is 7.48. The second kappa shape index (κ2) is 11.9. The number of benzene rings is 2. The van der Waals surface area contributed by atoms with Crippen molar-refractivity contribution in [2.75, 3.05) is 0 Å². The van der Waals surface area contributed by atoms with Crippen molar-refractivity contribution < 1.29 is 14.7 Å². The Balaban J connectivity index is 0.000000300. The number of ketones is 1. The number of aliphatic carboxylic acids is 1. The van der Waals surface area contributed by atoms with Gasteiger partial charge in [-0.05, 0) is 37.3 Å². The smallest absolute Gasteiger partial charge is 0.324 e. The molecule has 30 heavy (non-hydrogen) atoms. The van der Waals surface area contributed by atoms with Crippen LogP contribution in [0, 0.1) is 0 Å². The van der Waals surface area contributed by atoms with Gasteiger partial charge in [-0.15, -0.1) is 13.2 Å². The molecule has 5 nitrogen and oxygen atoms in total. The molecule has 0 saturated heterocycles. The summed E-state index contributed by atoms with van der Waals surface area (Å²) >= 11 is 0. The third-order valence-corrected chi connectivity index (χ3v) is 4.87. The maximum Gasteiger partial charge on any atom is 0.324 e. The van der Waals surface area contributed by atoms with Crippen LogP contribution in [0.1, 0.15) is 30.9 Å². The van der Waals surface area contributed by atoms with E-state index in [0.717, 1.165) is 11.1 Å². The first-order valence-corrected chi connectivity index (χ1v) is 9.78. The van der Waals surface area contributed by atoms with Gasteiger partial charge in [-0.1, -0.05) is 72.8 Å². The molecule has 2 aromatic rings. The Morgan fingerprint density at radius 2 is 1.20 bits per heavy atom. The quantitative estimate of drug-likeness (QED) is 0.520. The first kappa shape index (κ1) is 25.0. The second-order valence-corrected chi connectivity index (χ2v) is 7.48. The van der Waals surface area contributed by atoms with Gasteiger partial charge in [0.2, 0.25) is 0 Å². The predicted octanol–water partition coefficient (Wildman–Crippen LogP) is 3.68. The highest BCUT2D eigenvalue weighted by Gasteiger charge is 2.32. The van der Waals surface area contributed by atoms with E-state index in [0.29, 0.717) is 19.3 Å². The summed E-state index contributed by atoms with van der Waals surface area (Å²) in [6, 6.07) is 19.2. The van der Waals surface area contributed by atoms with Crippen molar-refractivity contribution in [2.45, 2.75) is 43.7 Å². The Labute approximate surface area is 179 Å². The molecule has 5 N–H and O–H groups in total. The van der Waals surface area contributed by atoms with Crippen molar-refractivity contribution in [3.63, 3.8) is 0 Å². The summed E-state index contributed by atoms with van der Waals surface area (Å²) in [7, 11) is 0. The number of carboxylic acids is 1. The van der Waals surface area contributed by atoms with Crippen LogP contribution in [0.25, 0.3) is 0 Å². The Hall–Kier alpha value is -3.02. The van der Waals surface area contributed by atoms with Gasteiger partial charge in [-0.25, -0.2) is 0 Å². The first-order chi connectivity index (χ1) is 14.2. The third kappa shape index (κ3) is 7.78. The van der Waals surface area contributed by atoms with Crippen LogP contribution in [0.4, 0.5) is 0 Å². The van der Waals surface area contributed by atoms with Gasteiger partial charge >= 0.3 is 5.97 Å². The van der Waals surface area contributed by atoms with Gasteiger partial charge in [0, 0.05) is 6.42 Å². The average molecular weight is 409 g/mol. The highest BCUT2D eigenvalue weighted by Crippen LogP contribution is 2.17. The molecule has 0 saturated carbocycles. The lowest BCUT2D eigenvalue weighted by molar-refractivity contribution is -0.143. The summed E-state index contributed by atoms with van der Waals surface area (Å²) in [6.07, 6.45) is 4.89. The minimum absolute atomic E-state index is 0.00579. The number of carbonyl (C=O) groups excluding carboxylic acids is 1. The third-order valence-electron chi connectivity index (χ3n) is 4.87. The molecule has 0 aliphatic heterocycles. The lowest BCUT2D eigenvalue weighted by Gasteiger charge is -2.25. The van der Waals surface area contributed by atoms with Crippen LogP contribution in [-0.4, -0.2) is 27.9 Å². The van der Waals surface area contributed by atoms with Gasteiger partial charge in [-0.3, -0.25) is 9.59 Å². The van der Waals surface area contributed by atoms with Crippen LogP contribution in [-0.2, 0) is 22.4 Å². The largest absolute Gasteiger partial charge is 0.480 e. The molecule has 0 aliphatic rings. The molecule has 0 spiro atoms. The zero-order valence-corrected chi connectivity index (χ0v) is 17.6. The maximum absolute atomic E-state index is 11.5. The van der Waals surface area contributed by atoms with E-state index >= 15 is 0 Å². The first-order valence-electron chi connectivity index (χ1n) is 9.78.